The van der Waals surface area contributed by atoms with Crippen molar-refractivity contribution >= 4 is 17.7 Å². The van der Waals surface area contributed by atoms with E-state index in [4.69, 9.17) is 5.11 Å². The molecule has 1 aromatic carbocycles. The molecule has 19 heavy (non-hydrogen) atoms. The lowest BCUT2D eigenvalue weighted by Crippen LogP contribution is -2.34. The maximum atomic E-state index is 13.2. The van der Waals surface area contributed by atoms with Crippen LogP contribution in [0.25, 0.3) is 0 Å². The molecule has 0 aromatic heterocycles. The van der Waals surface area contributed by atoms with Crippen LogP contribution in [-0.4, -0.2) is 35.6 Å². The second-order valence-electron chi connectivity index (χ2n) is 4.70. The Morgan fingerprint density at radius 1 is 1.42 bits per heavy atom. The first kappa shape index (κ1) is 14.9. The molecule has 0 radical (unpaired) electrons. The molecule has 0 atom stereocenters. The number of urea groups is 1. The van der Waals surface area contributed by atoms with Crippen LogP contribution in [0.15, 0.2) is 18.2 Å². The maximum absolute atomic E-state index is 13.2. The normalized spacial score (nSPS) is 10.4. The molecule has 2 amide bonds. The second kappa shape index (κ2) is 6.17. The van der Waals surface area contributed by atoms with Crippen LogP contribution in [0.2, 0.25) is 0 Å². The minimum atomic E-state index is -1.37. The molecule has 6 heteroatoms. The fraction of sp³-hybridized carbons (Fsp3) is 0.385. The molecule has 0 aliphatic heterocycles. The van der Waals surface area contributed by atoms with Crippen LogP contribution in [0.4, 0.5) is 14.9 Å². The largest absolute Gasteiger partial charge is 0.478 e. The number of carboxylic acids is 1. The van der Waals surface area contributed by atoms with Gasteiger partial charge in [0.05, 0.1) is 5.56 Å². The minimum absolute atomic E-state index is 0.249. The highest BCUT2D eigenvalue weighted by Gasteiger charge is 2.14. The molecule has 104 valence electrons. The first-order chi connectivity index (χ1) is 8.81. The van der Waals surface area contributed by atoms with Gasteiger partial charge < -0.3 is 15.3 Å². The number of nitrogens with zero attached hydrogens (tertiary/aromatic N) is 1. The van der Waals surface area contributed by atoms with Gasteiger partial charge in [0.15, 0.2) is 0 Å². The first-order valence-corrected chi connectivity index (χ1v) is 5.86. The smallest absolute Gasteiger partial charge is 0.338 e. The van der Waals surface area contributed by atoms with Crippen LogP contribution in [0, 0.1) is 11.7 Å². The topological polar surface area (TPSA) is 69.6 Å². The van der Waals surface area contributed by atoms with E-state index in [0.29, 0.717) is 12.5 Å². The summed E-state index contributed by atoms with van der Waals surface area (Å²) in [5.74, 6) is -1.89. The van der Waals surface area contributed by atoms with Crippen molar-refractivity contribution in [1.29, 1.82) is 0 Å². The van der Waals surface area contributed by atoms with Gasteiger partial charge >= 0.3 is 12.0 Å². The van der Waals surface area contributed by atoms with Crippen molar-refractivity contribution in [2.45, 2.75) is 13.8 Å². The standard InChI is InChI=1S/C13H17FN2O3/c1-8(2)7-16(3)13(19)15-9-4-5-11(14)10(6-9)12(17)18/h4-6,8H,7H2,1-3H3,(H,15,19)(H,17,18). The van der Waals surface area contributed by atoms with Crippen molar-refractivity contribution in [3.05, 3.63) is 29.6 Å². The number of hydrogen-bond donors (Lipinski definition) is 2. The Kier molecular flexibility index (Phi) is 4.86. The quantitative estimate of drug-likeness (QED) is 0.882. The Morgan fingerprint density at radius 2 is 2.05 bits per heavy atom. The van der Waals surface area contributed by atoms with E-state index in [9.17, 15) is 14.0 Å². The van der Waals surface area contributed by atoms with E-state index >= 15 is 0 Å². The summed E-state index contributed by atoms with van der Waals surface area (Å²) in [4.78, 5) is 24.0. The number of rotatable bonds is 4. The molecular formula is C13H17FN2O3. The molecule has 0 fully saturated rings. The molecule has 0 heterocycles. The number of carbonyl (C=O) groups is 2. The maximum Gasteiger partial charge on any atom is 0.338 e. The number of halogens is 1. The Balaban J connectivity index is 2.80. The lowest BCUT2D eigenvalue weighted by atomic mass is 10.2. The number of hydrogen-bond acceptors (Lipinski definition) is 2. The summed E-state index contributed by atoms with van der Waals surface area (Å²) in [6.45, 7) is 4.52. The SMILES string of the molecule is CC(C)CN(C)C(=O)Nc1ccc(F)c(C(=O)O)c1. The minimum Gasteiger partial charge on any atom is -0.478 e. The predicted molar refractivity (Wildman–Crippen MR) is 69.8 cm³/mol. The van der Waals surface area contributed by atoms with Gasteiger partial charge in [0.25, 0.3) is 0 Å². The monoisotopic (exact) mass is 268 g/mol. The Bertz CT molecular complexity index is 489. The fourth-order valence-corrected chi connectivity index (χ4v) is 1.62. The van der Waals surface area contributed by atoms with Crippen LogP contribution < -0.4 is 5.32 Å². The third kappa shape index (κ3) is 4.24. The van der Waals surface area contributed by atoms with E-state index in [2.05, 4.69) is 5.32 Å². The zero-order chi connectivity index (χ0) is 14.6. The third-order valence-corrected chi connectivity index (χ3v) is 2.43. The van der Waals surface area contributed by atoms with Gasteiger partial charge in [0, 0.05) is 19.3 Å². The van der Waals surface area contributed by atoms with Gasteiger partial charge in [-0.25, -0.2) is 14.0 Å². The van der Waals surface area contributed by atoms with Gasteiger partial charge in [0.1, 0.15) is 5.82 Å². The predicted octanol–water partition coefficient (Wildman–Crippen LogP) is 2.64. The van der Waals surface area contributed by atoms with Crippen molar-refractivity contribution in [3.8, 4) is 0 Å². The number of carbonyl (C=O) groups excluding carboxylic acids is 1. The highest BCUT2D eigenvalue weighted by molar-refractivity contribution is 5.93. The van der Waals surface area contributed by atoms with Gasteiger partial charge in [-0.1, -0.05) is 13.8 Å². The summed E-state index contributed by atoms with van der Waals surface area (Å²) >= 11 is 0. The van der Waals surface area contributed by atoms with E-state index in [1.165, 1.54) is 11.0 Å². The summed E-state index contributed by atoms with van der Waals surface area (Å²) in [5, 5.41) is 11.3. The molecule has 2 N–H and O–H groups in total. The average Bonchev–Trinajstić information content (AvgIpc) is 2.30. The molecule has 1 aromatic rings. The molecule has 0 saturated heterocycles. The highest BCUT2D eigenvalue weighted by atomic mass is 19.1. The van der Waals surface area contributed by atoms with Crippen molar-refractivity contribution in [1.82, 2.24) is 4.90 Å². The van der Waals surface area contributed by atoms with Crippen molar-refractivity contribution in [2.75, 3.05) is 18.9 Å². The molecule has 0 aliphatic carbocycles. The van der Waals surface area contributed by atoms with Crippen LogP contribution in [0.5, 0.6) is 0 Å². The second-order valence-corrected chi connectivity index (χ2v) is 4.70. The van der Waals surface area contributed by atoms with Gasteiger partial charge in [0.2, 0.25) is 0 Å². The fourth-order valence-electron chi connectivity index (χ4n) is 1.62. The first-order valence-electron chi connectivity index (χ1n) is 5.86. The van der Waals surface area contributed by atoms with E-state index in [1.807, 2.05) is 13.8 Å². The van der Waals surface area contributed by atoms with Gasteiger partial charge in [-0.2, -0.15) is 0 Å². The van der Waals surface area contributed by atoms with Crippen molar-refractivity contribution in [3.63, 3.8) is 0 Å². The number of aromatic carboxylic acids is 1. The molecule has 0 saturated carbocycles. The lowest BCUT2D eigenvalue weighted by molar-refractivity contribution is 0.0692. The zero-order valence-electron chi connectivity index (χ0n) is 11.1. The highest BCUT2D eigenvalue weighted by Crippen LogP contribution is 2.15. The Morgan fingerprint density at radius 3 is 2.58 bits per heavy atom. The molecule has 1 rings (SSSR count). The summed E-state index contributed by atoms with van der Waals surface area (Å²) in [6, 6.07) is 3.07. The van der Waals surface area contributed by atoms with E-state index in [-0.39, 0.29) is 11.7 Å². The average molecular weight is 268 g/mol. The summed E-state index contributed by atoms with van der Waals surface area (Å²) in [7, 11) is 1.64. The van der Waals surface area contributed by atoms with Crippen molar-refractivity contribution < 1.29 is 19.1 Å². The van der Waals surface area contributed by atoms with E-state index in [0.717, 1.165) is 12.1 Å². The number of benzene rings is 1. The number of nitrogens with one attached hydrogen (secondary N) is 1. The van der Waals surface area contributed by atoms with Crippen LogP contribution >= 0.6 is 0 Å². The number of carboxylic acid groups (broad SMARTS) is 1. The van der Waals surface area contributed by atoms with Gasteiger partial charge in [-0.05, 0) is 24.1 Å². The van der Waals surface area contributed by atoms with E-state index in [1.54, 1.807) is 7.05 Å². The van der Waals surface area contributed by atoms with E-state index < -0.39 is 17.3 Å². The molecule has 0 bridgehead atoms. The van der Waals surface area contributed by atoms with Gasteiger partial charge in [-0.3, -0.25) is 0 Å². The molecule has 0 aliphatic rings. The van der Waals surface area contributed by atoms with Crippen LogP contribution in [0.3, 0.4) is 0 Å². The third-order valence-electron chi connectivity index (χ3n) is 2.43. The zero-order valence-corrected chi connectivity index (χ0v) is 11.1. The summed E-state index contributed by atoms with van der Waals surface area (Å²) < 4.78 is 13.2. The lowest BCUT2D eigenvalue weighted by Gasteiger charge is -2.20. The van der Waals surface area contributed by atoms with Crippen LogP contribution in [0.1, 0.15) is 24.2 Å². The molecule has 5 nitrogen and oxygen atoms in total. The van der Waals surface area contributed by atoms with Gasteiger partial charge in [-0.15, -0.1) is 0 Å². The van der Waals surface area contributed by atoms with Crippen LogP contribution in [-0.2, 0) is 0 Å². The van der Waals surface area contributed by atoms with Crippen molar-refractivity contribution in [2.24, 2.45) is 5.92 Å². The molecular weight excluding hydrogens is 251 g/mol. The Labute approximate surface area is 111 Å². The molecule has 0 unspecified atom stereocenters. The number of anilines is 1. The molecule has 0 spiro atoms. The Hall–Kier alpha value is -2.11. The summed E-state index contributed by atoms with van der Waals surface area (Å²) in [5.41, 5.74) is -0.219. The summed E-state index contributed by atoms with van der Waals surface area (Å²) in [6.07, 6.45) is 0. The number of amides is 2.